The average molecular weight is 350 g/mol. The zero-order valence-electron chi connectivity index (χ0n) is 14.9. The zero-order chi connectivity index (χ0) is 18.1. The van der Waals surface area contributed by atoms with Crippen LogP contribution in [0.4, 0.5) is 0 Å². The maximum atomic E-state index is 5.39. The third-order valence-electron chi connectivity index (χ3n) is 4.37. The van der Waals surface area contributed by atoms with Crippen molar-refractivity contribution < 1.29 is 14.2 Å². The van der Waals surface area contributed by atoms with Gasteiger partial charge in [-0.25, -0.2) is 0 Å². The second kappa shape index (κ2) is 6.51. The lowest BCUT2D eigenvalue weighted by molar-refractivity contribution is -0.717. The van der Waals surface area contributed by atoms with Gasteiger partial charge in [-0.2, -0.15) is 14.9 Å². The van der Waals surface area contributed by atoms with Crippen molar-refractivity contribution in [2.75, 3.05) is 14.2 Å². The Morgan fingerprint density at radius 1 is 1.04 bits per heavy atom. The number of methoxy groups -OCH3 is 2. The van der Waals surface area contributed by atoms with E-state index in [4.69, 9.17) is 14.5 Å². The summed E-state index contributed by atoms with van der Waals surface area (Å²) in [5.41, 5.74) is 3.16. The molecule has 0 saturated heterocycles. The Labute approximate surface area is 150 Å². The number of hydrogen-bond acceptors (Lipinski definition) is 4. The lowest BCUT2D eigenvalue weighted by Gasteiger charge is -2.07. The molecule has 0 atom stereocenters. The molecule has 2 N–H and O–H groups in total. The highest BCUT2D eigenvalue weighted by atomic mass is 16.5. The Kier molecular flexibility index (Phi) is 4.04. The van der Waals surface area contributed by atoms with E-state index in [9.17, 15) is 0 Å². The van der Waals surface area contributed by atoms with Crippen LogP contribution < -0.4 is 14.2 Å². The molecule has 132 valence electrons. The highest BCUT2D eigenvalue weighted by molar-refractivity contribution is 5.78. The monoisotopic (exact) mass is 350 g/mol. The predicted molar refractivity (Wildman–Crippen MR) is 97.2 cm³/mol. The van der Waals surface area contributed by atoms with Crippen molar-refractivity contribution in [3.63, 3.8) is 0 Å². The minimum Gasteiger partial charge on any atom is -0.493 e. The number of ether oxygens (including phenoxy) is 2. The van der Waals surface area contributed by atoms with Crippen molar-refractivity contribution in [3.8, 4) is 22.9 Å². The molecular weight excluding hydrogens is 330 g/mol. The van der Waals surface area contributed by atoms with Gasteiger partial charge < -0.3 is 9.47 Å². The molecule has 0 aliphatic heterocycles. The molecule has 7 nitrogen and oxygen atoms in total. The Morgan fingerprint density at radius 3 is 2.69 bits per heavy atom. The zero-order valence-corrected chi connectivity index (χ0v) is 14.9. The summed E-state index contributed by atoms with van der Waals surface area (Å²) < 4.78 is 12.6. The van der Waals surface area contributed by atoms with E-state index in [1.807, 2.05) is 42.2 Å². The van der Waals surface area contributed by atoms with Crippen molar-refractivity contribution in [1.82, 2.24) is 20.3 Å². The molecule has 0 bridgehead atoms. The first kappa shape index (κ1) is 16.1. The number of benzene rings is 2. The van der Waals surface area contributed by atoms with E-state index >= 15 is 0 Å². The van der Waals surface area contributed by atoms with Crippen molar-refractivity contribution in [2.45, 2.75) is 6.42 Å². The maximum absolute atomic E-state index is 5.39. The van der Waals surface area contributed by atoms with Crippen molar-refractivity contribution in [1.29, 1.82) is 0 Å². The molecule has 2 aromatic heterocycles. The van der Waals surface area contributed by atoms with E-state index in [0.717, 1.165) is 28.1 Å². The van der Waals surface area contributed by atoms with Gasteiger partial charge >= 0.3 is 5.82 Å². The minimum absolute atomic E-state index is 0.681. The number of aromatic nitrogens is 5. The van der Waals surface area contributed by atoms with Crippen molar-refractivity contribution in [2.24, 2.45) is 7.05 Å². The predicted octanol–water partition coefficient (Wildman–Crippen LogP) is 2.39. The molecule has 7 heteroatoms. The Bertz CT molecular complexity index is 1070. The van der Waals surface area contributed by atoms with Crippen LogP contribution in [0.2, 0.25) is 0 Å². The molecule has 4 rings (SSSR count). The van der Waals surface area contributed by atoms with E-state index in [1.165, 1.54) is 5.56 Å². The van der Waals surface area contributed by atoms with E-state index < -0.39 is 0 Å². The van der Waals surface area contributed by atoms with Gasteiger partial charge in [0.15, 0.2) is 11.5 Å². The number of H-pyrrole nitrogens is 2. The first-order chi connectivity index (χ1) is 12.7. The van der Waals surface area contributed by atoms with Gasteiger partial charge in [0.1, 0.15) is 7.05 Å². The molecule has 0 saturated carbocycles. The van der Waals surface area contributed by atoms with Crippen molar-refractivity contribution >= 4 is 10.9 Å². The molecule has 0 spiro atoms. The fourth-order valence-electron chi connectivity index (χ4n) is 3.08. The minimum atomic E-state index is 0.681. The first-order valence-electron chi connectivity index (χ1n) is 8.27. The van der Waals surface area contributed by atoms with Gasteiger partial charge in [0.2, 0.25) is 0 Å². The number of fused-ring (bicyclic) bond motifs is 1. The lowest BCUT2D eigenvalue weighted by Crippen LogP contribution is -2.32. The van der Waals surface area contributed by atoms with Crippen LogP contribution in [0.15, 0.2) is 42.6 Å². The molecular formula is C19H20N5O2+. The molecule has 2 heterocycles. The number of rotatable bonds is 5. The summed E-state index contributed by atoms with van der Waals surface area (Å²) in [7, 11) is 5.20. The van der Waals surface area contributed by atoms with Crippen LogP contribution in [0, 0.1) is 0 Å². The summed E-state index contributed by atoms with van der Waals surface area (Å²) in [6.07, 6.45) is 2.54. The summed E-state index contributed by atoms with van der Waals surface area (Å²) in [6, 6.07) is 12.0. The van der Waals surface area contributed by atoms with E-state index in [2.05, 4.69) is 27.4 Å². The van der Waals surface area contributed by atoms with Crippen molar-refractivity contribution in [3.05, 3.63) is 54.0 Å². The first-order valence-corrected chi connectivity index (χ1v) is 8.27. The smallest absolute Gasteiger partial charge is 0.350 e. The summed E-state index contributed by atoms with van der Waals surface area (Å²) in [5, 5.41) is 11.4. The molecule has 0 amide bonds. The number of aromatic amines is 2. The van der Waals surface area contributed by atoms with Gasteiger partial charge in [-0.05, 0) is 40.9 Å². The van der Waals surface area contributed by atoms with Crippen LogP contribution in [0.25, 0.3) is 22.3 Å². The largest absolute Gasteiger partial charge is 0.493 e. The summed E-state index contributed by atoms with van der Waals surface area (Å²) in [5.74, 6) is 3.11. The molecule has 0 unspecified atom stereocenters. The number of hydrogen-bond donors (Lipinski definition) is 2. The van der Waals surface area contributed by atoms with E-state index in [0.29, 0.717) is 17.9 Å². The maximum Gasteiger partial charge on any atom is 0.350 e. The highest BCUT2D eigenvalue weighted by Crippen LogP contribution is 2.30. The third kappa shape index (κ3) is 2.88. The highest BCUT2D eigenvalue weighted by Gasteiger charge is 2.21. The van der Waals surface area contributed by atoms with E-state index in [-0.39, 0.29) is 0 Å². The Balaban J connectivity index is 1.64. The fourth-order valence-corrected chi connectivity index (χ4v) is 3.08. The second-order valence-electron chi connectivity index (χ2n) is 6.09. The van der Waals surface area contributed by atoms with Crippen LogP contribution in [-0.4, -0.2) is 34.5 Å². The van der Waals surface area contributed by atoms with Crippen LogP contribution >= 0.6 is 0 Å². The van der Waals surface area contributed by atoms with Gasteiger partial charge in [-0.1, -0.05) is 6.07 Å². The van der Waals surface area contributed by atoms with Crippen LogP contribution in [0.3, 0.4) is 0 Å². The molecule has 26 heavy (non-hydrogen) atoms. The van der Waals surface area contributed by atoms with E-state index in [1.54, 1.807) is 14.2 Å². The third-order valence-corrected chi connectivity index (χ3v) is 4.37. The molecule has 0 radical (unpaired) electrons. The molecule has 2 aromatic carbocycles. The normalized spacial score (nSPS) is 11.0. The average Bonchev–Trinajstić information content (AvgIpc) is 3.27. The summed E-state index contributed by atoms with van der Waals surface area (Å²) in [4.78, 5) is 4.76. The molecule has 4 aromatic rings. The van der Waals surface area contributed by atoms with Gasteiger partial charge in [0.25, 0.3) is 5.82 Å². The molecule has 0 fully saturated rings. The number of nitrogens with zero attached hydrogens (tertiary/aromatic N) is 3. The topological polar surface area (TPSA) is 79.7 Å². The molecule has 0 aliphatic carbocycles. The molecule has 0 aliphatic rings. The summed E-state index contributed by atoms with van der Waals surface area (Å²) >= 11 is 0. The number of aryl methyl sites for hydroxylation is 1. The second-order valence-corrected chi connectivity index (χ2v) is 6.09. The SMILES string of the molecule is COc1ccc(-c2nc(Cc3ccc4[nH]ncc4c3)[nH][n+]2C)cc1OC. The quantitative estimate of drug-likeness (QED) is 0.542. The van der Waals surface area contributed by atoms with Gasteiger partial charge in [-0.3, -0.25) is 5.10 Å². The van der Waals surface area contributed by atoms with Crippen LogP contribution in [0.1, 0.15) is 11.4 Å². The number of nitrogens with one attached hydrogen (secondary N) is 2. The summed E-state index contributed by atoms with van der Waals surface area (Å²) in [6.45, 7) is 0. The lowest BCUT2D eigenvalue weighted by atomic mass is 10.1. The van der Waals surface area contributed by atoms with Gasteiger partial charge in [-0.15, -0.1) is 0 Å². The van der Waals surface area contributed by atoms with Crippen LogP contribution in [0.5, 0.6) is 11.5 Å². The van der Waals surface area contributed by atoms with Crippen LogP contribution in [-0.2, 0) is 13.5 Å². The Morgan fingerprint density at radius 2 is 1.88 bits per heavy atom. The standard InChI is InChI=1S/C19H19N5O2/c1-24-19(13-5-7-16(25-2)17(10-13)26-3)21-18(23-24)9-12-4-6-15-14(8-12)11-20-22-15/h4-8,10-11H,9H2,1-3H3,(H,20,22)/p+1. The van der Waals surface area contributed by atoms with Gasteiger partial charge in [0, 0.05) is 5.39 Å². The van der Waals surface area contributed by atoms with Gasteiger partial charge in [0.05, 0.1) is 37.9 Å². The fraction of sp³-hybridized carbons (Fsp3) is 0.211. The Hall–Kier alpha value is -3.35.